The third kappa shape index (κ3) is 5.17. The molecule has 0 spiro atoms. The van der Waals surface area contributed by atoms with Crippen LogP contribution in [-0.2, 0) is 18.3 Å². The minimum absolute atomic E-state index is 0.480. The van der Waals surface area contributed by atoms with Gasteiger partial charge in [-0.1, -0.05) is 0 Å². The van der Waals surface area contributed by atoms with E-state index in [-0.39, 0.29) is 0 Å². The van der Waals surface area contributed by atoms with Crippen molar-refractivity contribution in [1.29, 1.82) is 0 Å². The number of ether oxygens (including phenoxy) is 1. The lowest BCUT2D eigenvalue weighted by Gasteiger charge is -2.24. The van der Waals surface area contributed by atoms with Gasteiger partial charge < -0.3 is 19.9 Å². The molecule has 0 radical (unpaired) electrons. The molecule has 22 heavy (non-hydrogen) atoms. The summed E-state index contributed by atoms with van der Waals surface area (Å²) in [6.07, 6.45) is 2.46. The van der Waals surface area contributed by atoms with Crippen molar-refractivity contribution in [3.8, 4) is 0 Å². The maximum absolute atomic E-state index is 5.09. The van der Waals surface area contributed by atoms with Gasteiger partial charge in [0.15, 0.2) is 11.8 Å². The van der Waals surface area contributed by atoms with Crippen LogP contribution in [0.2, 0.25) is 0 Å². The minimum Gasteiger partial charge on any atom is -0.383 e. The summed E-state index contributed by atoms with van der Waals surface area (Å²) in [6, 6.07) is 0.480. The molecular formula is C14H26N6OS. The van der Waals surface area contributed by atoms with Crippen LogP contribution in [0.15, 0.2) is 4.99 Å². The lowest BCUT2D eigenvalue weighted by molar-refractivity contribution is 0.203. The molecule has 1 saturated heterocycles. The fourth-order valence-corrected chi connectivity index (χ4v) is 3.28. The van der Waals surface area contributed by atoms with Crippen molar-refractivity contribution >= 4 is 17.7 Å². The molecule has 2 heterocycles. The molecule has 124 valence electrons. The zero-order valence-corrected chi connectivity index (χ0v) is 14.4. The van der Waals surface area contributed by atoms with E-state index in [0.717, 1.165) is 29.9 Å². The van der Waals surface area contributed by atoms with Crippen LogP contribution in [0.4, 0.5) is 0 Å². The van der Waals surface area contributed by atoms with Gasteiger partial charge in [-0.15, -0.1) is 10.2 Å². The molecule has 1 aliphatic rings. The first-order chi connectivity index (χ1) is 10.7. The standard InChI is InChI=1S/C14H26N6OS/c1-11-18-19-13(20(11)2)9-16-14(15-6-7-21-3)17-12-5-4-8-22-10-12/h12H,4-10H2,1-3H3,(H2,15,16,17). The summed E-state index contributed by atoms with van der Waals surface area (Å²) in [6.45, 7) is 3.85. The van der Waals surface area contributed by atoms with Crippen molar-refractivity contribution in [1.82, 2.24) is 25.4 Å². The maximum Gasteiger partial charge on any atom is 0.192 e. The van der Waals surface area contributed by atoms with Crippen molar-refractivity contribution in [3.63, 3.8) is 0 Å². The number of thioether (sulfide) groups is 1. The van der Waals surface area contributed by atoms with E-state index < -0.39 is 0 Å². The third-order valence-electron chi connectivity index (χ3n) is 3.66. The number of aryl methyl sites for hydroxylation is 1. The highest BCUT2D eigenvalue weighted by Gasteiger charge is 2.15. The quantitative estimate of drug-likeness (QED) is 0.455. The number of hydrogen-bond acceptors (Lipinski definition) is 5. The molecule has 0 bridgehead atoms. The van der Waals surface area contributed by atoms with Gasteiger partial charge in [0.2, 0.25) is 0 Å². The number of aliphatic imine (C=N–C) groups is 1. The first-order valence-corrected chi connectivity index (χ1v) is 8.82. The Morgan fingerprint density at radius 3 is 3.00 bits per heavy atom. The Bertz CT molecular complexity index is 484. The second-order valence-electron chi connectivity index (χ2n) is 5.37. The van der Waals surface area contributed by atoms with Crippen molar-refractivity contribution in [3.05, 3.63) is 11.6 Å². The van der Waals surface area contributed by atoms with Gasteiger partial charge in [-0.2, -0.15) is 11.8 Å². The molecule has 1 aliphatic heterocycles. The number of methoxy groups -OCH3 is 1. The number of hydrogen-bond donors (Lipinski definition) is 2. The monoisotopic (exact) mass is 326 g/mol. The highest BCUT2D eigenvalue weighted by atomic mass is 32.2. The Labute approximate surface area is 136 Å². The molecule has 0 amide bonds. The molecule has 0 saturated carbocycles. The second kappa shape index (κ2) is 8.99. The van der Waals surface area contributed by atoms with E-state index in [9.17, 15) is 0 Å². The molecule has 1 atom stereocenters. The Hall–Kier alpha value is -1.28. The maximum atomic E-state index is 5.09. The summed E-state index contributed by atoms with van der Waals surface area (Å²) in [4.78, 5) is 4.64. The van der Waals surface area contributed by atoms with Gasteiger partial charge >= 0.3 is 0 Å². The third-order valence-corrected chi connectivity index (χ3v) is 4.88. The van der Waals surface area contributed by atoms with Crippen LogP contribution >= 0.6 is 11.8 Å². The average molecular weight is 326 g/mol. The Morgan fingerprint density at radius 1 is 1.50 bits per heavy atom. The summed E-state index contributed by atoms with van der Waals surface area (Å²) in [5.74, 6) is 4.98. The highest BCUT2D eigenvalue weighted by Crippen LogP contribution is 2.16. The molecular weight excluding hydrogens is 300 g/mol. The first kappa shape index (κ1) is 17.1. The predicted octanol–water partition coefficient (Wildman–Crippen LogP) is 0.701. The fourth-order valence-electron chi connectivity index (χ4n) is 2.21. The number of nitrogens with one attached hydrogen (secondary N) is 2. The molecule has 1 unspecified atom stereocenters. The lowest BCUT2D eigenvalue weighted by Crippen LogP contribution is -2.46. The van der Waals surface area contributed by atoms with E-state index in [2.05, 4.69) is 25.8 Å². The van der Waals surface area contributed by atoms with Crippen molar-refractivity contribution < 1.29 is 4.74 Å². The molecule has 2 rings (SSSR count). The first-order valence-electron chi connectivity index (χ1n) is 7.67. The molecule has 1 aromatic heterocycles. The Morgan fingerprint density at radius 2 is 2.36 bits per heavy atom. The van der Waals surface area contributed by atoms with Crippen LogP contribution in [-0.4, -0.2) is 58.5 Å². The predicted molar refractivity (Wildman–Crippen MR) is 90.2 cm³/mol. The Balaban J connectivity index is 1.95. The van der Waals surface area contributed by atoms with Crippen molar-refractivity contribution in [2.45, 2.75) is 32.4 Å². The largest absolute Gasteiger partial charge is 0.383 e. The average Bonchev–Trinajstić information content (AvgIpc) is 2.85. The molecule has 7 nitrogen and oxygen atoms in total. The van der Waals surface area contributed by atoms with Gasteiger partial charge in [0.05, 0.1) is 6.61 Å². The SMILES string of the molecule is COCCNC(=NCc1nnc(C)n1C)NC1CCCSC1. The minimum atomic E-state index is 0.480. The van der Waals surface area contributed by atoms with E-state index >= 15 is 0 Å². The normalized spacial score (nSPS) is 19.2. The van der Waals surface area contributed by atoms with Crippen LogP contribution in [0.3, 0.4) is 0 Å². The van der Waals surface area contributed by atoms with Gasteiger partial charge in [-0.3, -0.25) is 0 Å². The van der Waals surface area contributed by atoms with E-state index in [1.165, 1.54) is 18.6 Å². The lowest BCUT2D eigenvalue weighted by atomic mass is 10.2. The summed E-state index contributed by atoms with van der Waals surface area (Å²) >= 11 is 2.00. The van der Waals surface area contributed by atoms with Crippen molar-refractivity contribution in [2.75, 3.05) is 31.8 Å². The van der Waals surface area contributed by atoms with Gasteiger partial charge in [-0.25, -0.2) is 4.99 Å². The van der Waals surface area contributed by atoms with Gasteiger partial charge in [0, 0.05) is 32.5 Å². The molecule has 0 aliphatic carbocycles. The molecule has 0 aromatic carbocycles. The van der Waals surface area contributed by atoms with E-state index in [4.69, 9.17) is 4.74 Å². The van der Waals surface area contributed by atoms with E-state index in [0.29, 0.717) is 19.2 Å². The van der Waals surface area contributed by atoms with E-state index in [1.54, 1.807) is 7.11 Å². The zero-order valence-electron chi connectivity index (χ0n) is 13.6. The Kier molecular flexibility index (Phi) is 6.98. The van der Waals surface area contributed by atoms with Crippen LogP contribution in [0, 0.1) is 6.92 Å². The summed E-state index contributed by atoms with van der Waals surface area (Å²) < 4.78 is 7.06. The number of nitrogens with zero attached hydrogens (tertiary/aromatic N) is 4. The number of aromatic nitrogens is 3. The van der Waals surface area contributed by atoms with Gasteiger partial charge in [0.25, 0.3) is 0 Å². The van der Waals surface area contributed by atoms with E-state index in [1.807, 2.05) is 30.3 Å². The van der Waals surface area contributed by atoms with Crippen LogP contribution < -0.4 is 10.6 Å². The smallest absolute Gasteiger partial charge is 0.192 e. The zero-order chi connectivity index (χ0) is 15.8. The van der Waals surface area contributed by atoms with Crippen LogP contribution in [0.5, 0.6) is 0 Å². The number of guanidine groups is 1. The van der Waals surface area contributed by atoms with Gasteiger partial charge in [0.1, 0.15) is 12.4 Å². The summed E-state index contributed by atoms with van der Waals surface area (Å²) in [5.41, 5.74) is 0. The summed E-state index contributed by atoms with van der Waals surface area (Å²) in [5, 5.41) is 15.0. The molecule has 1 aromatic rings. The molecule has 8 heteroatoms. The van der Waals surface area contributed by atoms with Gasteiger partial charge in [-0.05, 0) is 25.5 Å². The second-order valence-corrected chi connectivity index (χ2v) is 6.52. The fraction of sp³-hybridized carbons (Fsp3) is 0.786. The topological polar surface area (TPSA) is 76.4 Å². The molecule has 1 fully saturated rings. The van der Waals surface area contributed by atoms with Crippen LogP contribution in [0.1, 0.15) is 24.5 Å². The van der Waals surface area contributed by atoms with Crippen LogP contribution in [0.25, 0.3) is 0 Å². The number of rotatable bonds is 6. The summed E-state index contributed by atoms with van der Waals surface area (Å²) in [7, 11) is 3.66. The molecule has 2 N–H and O–H groups in total. The highest BCUT2D eigenvalue weighted by molar-refractivity contribution is 7.99. The van der Waals surface area contributed by atoms with Crippen molar-refractivity contribution in [2.24, 2.45) is 12.0 Å².